The zero-order valence-electron chi connectivity index (χ0n) is 15.0. The van der Waals surface area contributed by atoms with Gasteiger partial charge in [0.25, 0.3) is 0 Å². The van der Waals surface area contributed by atoms with E-state index in [0.717, 1.165) is 83.7 Å². The highest BCUT2D eigenvalue weighted by Gasteiger charge is 2.09. The minimum absolute atomic E-state index is 0.806. The first-order valence-electron chi connectivity index (χ1n) is 9.02. The lowest BCUT2D eigenvalue weighted by atomic mass is 10.3. The van der Waals surface area contributed by atoms with Crippen LogP contribution >= 0.6 is 0 Å². The molecule has 0 spiro atoms. The molecule has 0 unspecified atom stereocenters. The Morgan fingerprint density at radius 3 is 2.83 bits per heavy atom. The minimum Gasteiger partial charge on any atom is -0.379 e. The standard InChI is InChI=1S/C16H31N7O/c1-3-15-21-20-14-23(15)9-7-19-16(17-4-2)18-6-5-8-22-10-12-24-13-11-22/h14H,3-13H2,1-2H3,(H2,17,18,19). The maximum Gasteiger partial charge on any atom is 0.191 e. The summed E-state index contributed by atoms with van der Waals surface area (Å²) in [7, 11) is 0. The monoisotopic (exact) mass is 337 g/mol. The molecule has 0 bridgehead atoms. The number of ether oxygens (including phenoxy) is 1. The van der Waals surface area contributed by atoms with Crippen LogP contribution in [0.5, 0.6) is 0 Å². The Morgan fingerprint density at radius 2 is 2.08 bits per heavy atom. The third-order valence-electron chi connectivity index (χ3n) is 4.01. The van der Waals surface area contributed by atoms with Gasteiger partial charge in [0, 0.05) is 52.2 Å². The average molecular weight is 337 g/mol. The second-order valence-corrected chi connectivity index (χ2v) is 5.79. The van der Waals surface area contributed by atoms with Gasteiger partial charge in [0.15, 0.2) is 5.96 Å². The number of aliphatic imine (C=N–C) groups is 1. The van der Waals surface area contributed by atoms with Crippen LogP contribution in [-0.4, -0.2) is 78.1 Å². The number of nitrogens with zero attached hydrogens (tertiary/aromatic N) is 5. The van der Waals surface area contributed by atoms with Gasteiger partial charge in [-0.05, 0) is 13.3 Å². The van der Waals surface area contributed by atoms with Gasteiger partial charge in [-0.15, -0.1) is 10.2 Å². The van der Waals surface area contributed by atoms with Crippen LogP contribution in [-0.2, 0) is 17.7 Å². The zero-order valence-corrected chi connectivity index (χ0v) is 15.0. The molecule has 2 heterocycles. The van der Waals surface area contributed by atoms with Gasteiger partial charge >= 0.3 is 0 Å². The fourth-order valence-electron chi connectivity index (χ4n) is 2.69. The number of aryl methyl sites for hydroxylation is 1. The van der Waals surface area contributed by atoms with Crippen LogP contribution in [0.25, 0.3) is 0 Å². The molecule has 2 rings (SSSR count). The molecule has 8 heteroatoms. The summed E-state index contributed by atoms with van der Waals surface area (Å²) in [5.74, 6) is 1.90. The summed E-state index contributed by atoms with van der Waals surface area (Å²) >= 11 is 0. The number of aromatic nitrogens is 3. The number of hydrogen-bond acceptors (Lipinski definition) is 5. The molecule has 1 aliphatic heterocycles. The Labute approximate surface area is 144 Å². The molecule has 1 saturated heterocycles. The van der Waals surface area contributed by atoms with Crippen molar-refractivity contribution in [1.29, 1.82) is 0 Å². The number of morpholine rings is 1. The van der Waals surface area contributed by atoms with E-state index in [-0.39, 0.29) is 0 Å². The Balaban J connectivity index is 1.67. The number of guanidine groups is 1. The molecule has 0 amide bonds. The largest absolute Gasteiger partial charge is 0.379 e. The zero-order chi connectivity index (χ0) is 17.0. The third kappa shape index (κ3) is 6.45. The SMILES string of the molecule is CCNC(=NCCCN1CCOCC1)NCCn1cnnc1CC. The molecule has 0 atom stereocenters. The van der Waals surface area contributed by atoms with Crippen LogP contribution in [0.3, 0.4) is 0 Å². The Hall–Kier alpha value is -1.67. The van der Waals surface area contributed by atoms with Crippen molar-refractivity contribution in [1.82, 2.24) is 30.3 Å². The van der Waals surface area contributed by atoms with Crippen molar-refractivity contribution in [3.8, 4) is 0 Å². The molecule has 136 valence electrons. The van der Waals surface area contributed by atoms with Crippen molar-refractivity contribution in [3.63, 3.8) is 0 Å². The first kappa shape index (κ1) is 18.7. The van der Waals surface area contributed by atoms with Gasteiger partial charge < -0.3 is 19.9 Å². The highest BCUT2D eigenvalue weighted by molar-refractivity contribution is 5.79. The van der Waals surface area contributed by atoms with Crippen LogP contribution in [0.2, 0.25) is 0 Å². The van der Waals surface area contributed by atoms with E-state index in [1.54, 1.807) is 6.33 Å². The van der Waals surface area contributed by atoms with Gasteiger partial charge in [0.2, 0.25) is 0 Å². The highest BCUT2D eigenvalue weighted by Crippen LogP contribution is 1.98. The first-order valence-corrected chi connectivity index (χ1v) is 9.02. The van der Waals surface area contributed by atoms with Gasteiger partial charge in [0.1, 0.15) is 12.2 Å². The maximum atomic E-state index is 5.37. The van der Waals surface area contributed by atoms with E-state index in [2.05, 4.69) is 49.1 Å². The predicted molar refractivity (Wildman–Crippen MR) is 95.3 cm³/mol. The van der Waals surface area contributed by atoms with E-state index in [9.17, 15) is 0 Å². The Morgan fingerprint density at radius 1 is 1.25 bits per heavy atom. The first-order chi connectivity index (χ1) is 11.8. The molecule has 1 aromatic rings. The Kier molecular flexibility index (Phi) is 8.54. The molecule has 0 aromatic carbocycles. The molecule has 24 heavy (non-hydrogen) atoms. The van der Waals surface area contributed by atoms with Gasteiger partial charge in [-0.1, -0.05) is 6.92 Å². The molecule has 0 radical (unpaired) electrons. The van der Waals surface area contributed by atoms with E-state index in [0.29, 0.717) is 0 Å². The quantitative estimate of drug-likeness (QED) is 0.378. The fourth-order valence-corrected chi connectivity index (χ4v) is 2.69. The lowest BCUT2D eigenvalue weighted by Crippen LogP contribution is -2.39. The van der Waals surface area contributed by atoms with Crippen molar-refractivity contribution in [2.24, 2.45) is 4.99 Å². The van der Waals surface area contributed by atoms with Crippen molar-refractivity contribution in [2.45, 2.75) is 33.2 Å². The smallest absolute Gasteiger partial charge is 0.191 e. The van der Waals surface area contributed by atoms with Crippen LogP contribution < -0.4 is 10.6 Å². The maximum absolute atomic E-state index is 5.37. The Bertz CT molecular complexity index is 483. The normalized spacial score (nSPS) is 16.3. The molecule has 1 fully saturated rings. The predicted octanol–water partition coefficient (Wildman–Crippen LogP) is 0.118. The van der Waals surface area contributed by atoms with Crippen LogP contribution in [0.1, 0.15) is 26.1 Å². The van der Waals surface area contributed by atoms with E-state index < -0.39 is 0 Å². The number of nitrogens with one attached hydrogen (secondary N) is 2. The average Bonchev–Trinajstić information content (AvgIpc) is 3.07. The van der Waals surface area contributed by atoms with Crippen LogP contribution in [0.15, 0.2) is 11.3 Å². The third-order valence-corrected chi connectivity index (χ3v) is 4.01. The van der Waals surface area contributed by atoms with Crippen LogP contribution in [0, 0.1) is 0 Å². The highest BCUT2D eigenvalue weighted by atomic mass is 16.5. The summed E-state index contributed by atoms with van der Waals surface area (Å²) in [6, 6.07) is 0. The molecule has 1 aliphatic rings. The summed E-state index contributed by atoms with van der Waals surface area (Å²) in [6.45, 7) is 12.4. The van der Waals surface area contributed by atoms with Gasteiger partial charge in [0.05, 0.1) is 13.2 Å². The second kappa shape index (κ2) is 11.0. The lowest BCUT2D eigenvalue weighted by molar-refractivity contribution is 0.0377. The van der Waals surface area contributed by atoms with Gasteiger partial charge in [-0.25, -0.2) is 0 Å². The van der Waals surface area contributed by atoms with E-state index >= 15 is 0 Å². The number of hydrogen-bond donors (Lipinski definition) is 2. The van der Waals surface area contributed by atoms with Gasteiger partial charge in [-0.3, -0.25) is 9.89 Å². The number of rotatable bonds is 9. The van der Waals surface area contributed by atoms with Crippen molar-refractivity contribution >= 4 is 5.96 Å². The minimum atomic E-state index is 0.806. The molecule has 8 nitrogen and oxygen atoms in total. The fraction of sp³-hybridized carbons (Fsp3) is 0.812. The summed E-state index contributed by atoms with van der Waals surface area (Å²) in [6.07, 6.45) is 3.75. The summed E-state index contributed by atoms with van der Waals surface area (Å²) in [5, 5.41) is 14.7. The van der Waals surface area contributed by atoms with E-state index in [4.69, 9.17) is 4.74 Å². The van der Waals surface area contributed by atoms with E-state index in [1.165, 1.54) is 0 Å². The van der Waals surface area contributed by atoms with Gasteiger partial charge in [-0.2, -0.15) is 0 Å². The summed E-state index contributed by atoms with van der Waals surface area (Å²) in [5.41, 5.74) is 0. The molecule has 1 aromatic heterocycles. The van der Waals surface area contributed by atoms with Crippen LogP contribution in [0.4, 0.5) is 0 Å². The molecular formula is C16H31N7O. The molecule has 0 saturated carbocycles. The topological polar surface area (TPSA) is 79.6 Å². The lowest BCUT2D eigenvalue weighted by Gasteiger charge is -2.26. The molecular weight excluding hydrogens is 306 g/mol. The van der Waals surface area contributed by atoms with Crippen molar-refractivity contribution in [2.75, 3.05) is 52.5 Å². The van der Waals surface area contributed by atoms with Crippen molar-refractivity contribution in [3.05, 3.63) is 12.2 Å². The summed E-state index contributed by atoms with van der Waals surface area (Å²) in [4.78, 5) is 7.10. The molecule has 0 aliphatic carbocycles. The molecule has 2 N–H and O–H groups in total. The van der Waals surface area contributed by atoms with Crippen molar-refractivity contribution < 1.29 is 4.74 Å². The van der Waals surface area contributed by atoms with E-state index in [1.807, 2.05) is 0 Å². The summed E-state index contributed by atoms with van der Waals surface area (Å²) < 4.78 is 7.45. The second-order valence-electron chi connectivity index (χ2n) is 5.79.